The Morgan fingerprint density at radius 1 is 1.13 bits per heavy atom. The topological polar surface area (TPSA) is 37.8 Å². The van der Waals surface area contributed by atoms with Gasteiger partial charge in [-0.05, 0) is 12.1 Å². The van der Waals surface area contributed by atoms with Crippen LogP contribution < -0.4 is 5.56 Å². The van der Waals surface area contributed by atoms with E-state index in [0.29, 0.717) is 0 Å². The number of para-hydroxylation sites is 1. The second-order valence-corrected chi connectivity index (χ2v) is 3.64. The van der Waals surface area contributed by atoms with Crippen molar-refractivity contribution in [1.82, 2.24) is 9.55 Å². The van der Waals surface area contributed by atoms with Crippen molar-refractivity contribution in [3.63, 3.8) is 0 Å². The maximum Gasteiger partial charge on any atom is 0.258 e. The minimum absolute atomic E-state index is 0.0238. The average molecular weight is 198 g/mol. The van der Waals surface area contributed by atoms with Gasteiger partial charge in [0.15, 0.2) is 0 Å². The molecule has 3 nitrogen and oxygen atoms in total. The summed E-state index contributed by atoms with van der Waals surface area (Å²) in [5.41, 5.74) is 2.04. The number of hydrogen-bond donors (Lipinski definition) is 1. The summed E-state index contributed by atoms with van der Waals surface area (Å²) in [7, 11) is 1.98. The van der Waals surface area contributed by atoms with Crippen LogP contribution in [0.3, 0.4) is 0 Å². The van der Waals surface area contributed by atoms with Crippen LogP contribution in [0.1, 0.15) is 0 Å². The highest BCUT2D eigenvalue weighted by molar-refractivity contribution is 6.07. The molecule has 0 aliphatic rings. The molecule has 0 atom stereocenters. The summed E-state index contributed by atoms with van der Waals surface area (Å²) in [6, 6.07) is 9.86. The van der Waals surface area contributed by atoms with Crippen molar-refractivity contribution in [2.24, 2.45) is 7.05 Å². The van der Waals surface area contributed by atoms with E-state index in [2.05, 4.69) is 4.98 Å². The molecular weight excluding hydrogens is 188 g/mol. The van der Waals surface area contributed by atoms with Crippen molar-refractivity contribution < 1.29 is 0 Å². The number of aromatic nitrogens is 2. The molecule has 0 amide bonds. The normalized spacial score (nSPS) is 11.3. The lowest BCUT2D eigenvalue weighted by Crippen LogP contribution is -2.03. The lowest BCUT2D eigenvalue weighted by atomic mass is 10.2. The van der Waals surface area contributed by atoms with Gasteiger partial charge in [0.25, 0.3) is 5.56 Å². The van der Waals surface area contributed by atoms with Gasteiger partial charge in [0.05, 0.1) is 10.9 Å². The molecule has 0 unspecified atom stereocenters. The van der Waals surface area contributed by atoms with E-state index in [0.717, 1.165) is 21.8 Å². The molecule has 3 rings (SSSR count). The van der Waals surface area contributed by atoms with Gasteiger partial charge in [-0.2, -0.15) is 0 Å². The molecule has 0 bridgehead atoms. The molecule has 0 radical (unpaired) electrons. The van der Waals surface area contributed by atoms with Crippen LogP contribution in [0, 0.1) is 0 Å². The summed E-state index contributed by atoms with van der Waals surface area (Å²) in [5.74, 6) is 0. The van der Waals surface area contributed by atoms with Crippen molar-refractivity contribution in [1.29, 1.82) is 0 Å². The summed E-state index contributed by atoms with van der Waals surface area (Å²) in [6.45, 7) is 0. The first kappa shape index (κ1) is 8.29. The van der Waals surface area contributed by atoms with Gasteiger partial charge in [0.1, 0.15) is 0 Å². The molecule has 15 heavy (non-hydrogen) atoms. The molecule has 0 saturated carbocycles. The fourth-order valence-electron chi connectivity index (χ4n) is 2.12. The Balaban J connectivity index is 2.77. The highest BCUT2D eigenvalue weighted by Gasteiger charge is 2.09. The van der Waals surface area contributed by atoms with Crippen LogP contribution in [0.25, 0.3) is 21.8 Å². The summed E-state index contributed by atoms with van der Waals surface area (Å²) in [4.78, 5) is 14.4. The van der Waals surface area contributed by atoms with E-state index in [9.17, 15) is 4.79 Å². The third-order valence-electron chi connectivity index (χ3n) is 2.83. The van der Waals surface area contributed by atoms with E-state index < -0.39 is 0 Å². The molecule has 2 heterocycles. The quantitative estimate of drug-likeness (QED) is 0.589. The van der Waals surface area contributed by atoms with E-state index in [1.54, 1.807) is 6.20 Å². The number of aryl methyl sites for hydroxylation is 1. The predicted octanol–water partition coefficient (Wildman–Crippen LogP) is 2.02. The van der Waals surface area contributed by atoms with Crippen LogP contribution >= 0.6 is 0 Å². The molecule has 3 heteroatoms. The number of aromatic amines is 1. The molecule has 0 aliphatic heterocycles. The van der Waals surface area contributed by atoms with Gasteiger partial charge < -0.3 is 9.55 Å². The molecule has 3 aromatic rings. The van der Waals surface area contributed by atoms with Gasteiger partial charge in [-0.15, -0.1) is 0 Å². The Hall–Kier alpha value is -2.03. The number of H-pyrrole nitrogens is 1. The fraction of sp³-hybridized carbons (Fsp3) is 0.0833. The molecule has 2 aromatic heterocycles. The van der Waals surface area contributed by atoms with Gasteiger partial charge in [0, 0.05) is 24.1 Å². The van der Waals surface area contributed by atoms with Gasteiger partial charge in [0.2, 0.25) is 0 Å². The summed E-state index contributed by atoms with van der Waals surface area (Å²) in [5, 5.41) is 1.78. The number of benzene rings is 1. The number of pyridine rings is 1. The molecule has 74 valence electrons. The monoisotopic (exact) mass is 198 g/mol. The standard InChI is InChI=1S/C12H10N2O/c1-14-9-5-3-2-4-8(9)11-10(14)6-7-13-12(11)15/h2-7H,1H3,(H,13,15). The van der Waals surface area contributed by atoms with Crippen molar-refractivity contribution in [2.75, 3.05) is 0 Å². The zero-order chi connectivity index (χ0) is 10.4. The van der Waals surface area contributed by atoms with Crippen molar-refractivity contribution in [2.45, 2.75) is 0 Å². The second kappa shape index (κ2) is 2.73. The van der Waals surface area contributed by atoms with Crippen molar-refractivity contribution in [3.8, 4) is 0 Å². The molecule has 0 fully saturated rings. The highest BCUT2D eigenvalue weighted by Crippen LogP contribution is 2.24. The number of hydrogen-bond acceptors (Lipinski definition) is 1. The van der Waals surface area contributed by atoms with Crippen LogP contribution in [0.4, 0.5) is 0 Å². The Labute approximate surface area is 86.0 Å². The molecule has 1 N–H and O–H groups in total. The number of fused-ring (bicyclic) bond motifs is 3. The first-order valence-electron chi connectivity index (χ1n) is 4.84. The first-order chi connectivity index (χ1) is 7.29. The SMILES string of the molecule is Cn1c2ccccc2c2c(=O)[nH]ccc21. The Bertz CT molecular complexity index is 706. The van der Waals surface area contributed by atoms with E-state index in [1.807, 2.05) is 41.9 Å². The van der Waals surface area contributed by atoms with E-state index in [1.165, 1.54) is 0 Å². The summed E-state index contributed by atoms with van der Waals surface area (Å²) >= 11 is 0. The zero-order valence-corrected chi connectivity index (χ0v) is 8.32. The van der Waals surface area contributed by atoms with E-state index in [-0.39, 0.29) is 5.56 Å². The van der Waals surface area contributed by atoms with Crippen molar-refractivity contribution >= 4 is 21.8 Å². The van der Waals surface area contributed by atoms with Crippen molar-refractivity contribution in [3.05, 3.63) is 46.9 Å². The molecule has 1 aromatic carbocycles. The Morgan fingerprint density at radius 2 is 1.93 bits per heavy atom. The van der Waals surface area contributed by atoms with Crippen LogP contribution in [0.15, 0.2) is 41.3 Å². The van der Waals surface area contributed by atoms with Gasteiger partial charge >= 0.3 is 0 Å². The van der Waals surface area contributed by atoms with Crippen LogP contribution in [0.5, 0.6) is 0 Å². The molecule has 0 aliphatic carbocycles. The Morgan fingerprint density at radius 3 is 2.80 bits per heavy atom. The van der Waals surface area contributed by atoms with Crippen LogP contribution in [-0.2, 0) is 7.05 Å². The molecular formula is C12H10N2O. The molecule has 0 spiro atoms. The number of rotatable bonds is 0. The number of nitrogens with zero attached hydrogens (tertiary/aromatic N) is 1. The van der Waals surface area contributed by atoms with Gasteiger partial charge in [-0.3, -0.25) is 4.79 Å². The minimum Gasteiger partial charge on any atom is -0.343 e. The maximum atomic E-state index is 11.7. The second-order valence-electron chi connectivity index (χ2n) is 3.64. The van der Waals surface area contributed by atoms with Gasteiger partial charge in [-0.1, -0.05) is 18.2 Å². The largest absolute Gasteiger partial charge is 0.343 e. The lowest BCUT2D eigenvalue weighted by molar-refractivity contribution is 1.01. The average Bonchev–Trinajstić information content (AvgIpc) is 2.55. The van der Waals surface area contributed by atoms with Gasteiger partial charge in [-0.25, -0.2) is 0 Å². The van der Waals surface area contributed by atoms with Crippen LogP contribution in [0.2, 0.25) is 0 Å². The Kier molecular flexibility index (Phi) is 1.51. The lowest BCUT2D eigenvalue weighted by Gasteiger charge is -1.95. The zero-order valence-electron chi connectivity index (χ0n) is 8.32. The third kappa shape index (κ3) is 0.973. The third-order valence-corrected chi connectivity index (χ3v) is 2.83. The first-order valence-corrected chi connectivity index (χ1v) is 4.84. The highest BCUT2D eigenvalue weighted by atomic mass is 16.1. The minimum atomic E-state index is -0.0238. The predicted molar refractivity (Wildman–Crippen MR) is 61.0 cm³/mol. The van der Waals surface area contributed by atoms with E-state index in [4.69, 9.17) is 0 Å². The number of nitrogens with one attached hydrogen (secondary N) is 1. The molecule has 0 saturated heterocycles. The van der Waals surface area contributed by atoms with Crippen LogP contribution in [-0.4, -0.2) is 9.55 Å². The smallest absolute Gasteiger partial charge is 0.258 e. The summed E-state index contributed by atoms with van der Waals surface area (Å²) < 4.78 is 2.04. The maximum absolute atomic E-state index is 11.7. The fourth-order valence-corrected chi connectivity index (χ4v) is 2.12. The summed E-state index contributed by atoms with van der Waals surface area (Å²) in [6.07, 6.45) is 1.68. The van der Waals surface area contributed by atoms with E-state index >= 15 is 0 Å².